The number of nitrogens with zero attached hydrogens (tertiary/aromatic N) is 2. The molecule has 1 amide bonds. The number of nitrogens with one attached hydrogen (secondary N) is 3. The van der Waals surface area contributed by atoms with E-state index in [2.05, 4.69) is 25.9 Å². The largest absolute Gasteiger partial charge is 0.485 e. The molecule has 0 aliphatic carbocycles. The standard InChI is InChI=1S/C25H25N5O4/c31-23(32)15-22(18-6-3-10-26-16-18)34-21-9-2-8-20(14-21)29-24(33)17-5-1-7-19(13-17)30-25-27-11-4-12-28-25/h1-3,5-10,13-14,16,22H,4,11-12,15H2,(H,29,33)(H,31,32)(H2,27,28,30). The van der Waals surface area contributed by atoms with Gasteiger partial charge in [0.2, 0.25) is 0 Å². The fourth-order valence-corrected chi connectivity index (χ4v) is 3.46. The van der Waals surface area contributed by atoms with Crippen molar-refractivity contribution in [2.45, 2.75) is 18.9 Å². The van der Waals surface area contributed by atoms with E-state index < -0.39 is 12.1 Å². The molecule has 0 spiro atoms. The third kappa shape index (κ3) is 6.32. The molecule has 4 N–H and O–H groups in total. The summed E-state index contributed by atoms with van der Waals surface area (Å²) in [5.41, 5.74) is 2.41. The summed E-state index contributed by atoms with van der Waals surface area (Å²) in [4.78, 5) is 32.6. The molecule has 3 aromatic rings. The van der Waals surface area contributed by atoms with E-state index in [1.807, 2.05) is 6.07 Å². The highest BCUT2D eigenvalue weighted by Crippen LogP contribution is 2.27. The van der Waals surface area contributed by atoms with Crippen LogP contribution in [0, 0.1) is 0 Å². The van der Waals surface area contributed by atoms with Gasteiger partial charge in [0.05, 0.1) is 6.42 Å². The van der Waals surface area contributed by atoms with E-state index in [1.165, 1.54) is 0 Å². The summed E-state index contributed by atoms with van der Waals surface area (Å²) >= 11 is 0. The van der Waals surface area contributed by atoms with E-state index in [-0.39, 0.29) is 12.3 Å². The number of aliphatic imine (C=N–C) groups is 1. The SMILES string of the molecule is O=C(O)CC(Oc1cccc(NC(=O)c2cccc(NC3=NCCCN3)c2)c1)c1cccnc1. The van der Waals surface area contributed by atoms with Crippen LogP contribution in [0.1, 0.15) is 34.9 Å². The molecular formula is C25H25N5O4. The molecule has 1 atom stereocenters. The third-order valence-electron chi connectivity index (χ3n) is 5.07. The number of amides is 1. The van der Waals surface area contributed by atoms with Gasteiger partial charge >= 0.3 is 5.97 Å². The first kappa shape index (κ1) is 22.8. The zero-order valence-corrected chi connectivity index (χ0v) is 18.4. The first-order valence-corrected chi connectivity index (χ1v) is 10.9. The molecule has 0 saturated heterocycles. The van der Waals surface area contributed by atoms with E-state index in [4.69, 9.17) is 4.74 Å². The molecule has 1 aliphatic heterocycles. The van der Waals surface area contributed by atoms with Gasteiger partial charge in [0.25, 0.3) is 5.91 Å². The van der Waals surface area contributed by atoms with E-state index in [0.29, 0.717) is 28.5 Å². The van der Waals surface area contributed by atoms with Gasteiger partial charge < -0.3 is 25.8 Å². The molecule has 2 aromatic carbocycles. The Labute approximate surface area is 196 Å². The van der Waals surface area contributed by atoms with Crippen molar-refractivity contribution < 1.29 is 19.4 Å². The number of guanidine groups is 1. The number of carboxylic acid groups (broad SMARTS) is 1. The van der Waals surface area contributed by atoms with Crippen LogP contribution in [-0.2, 0) is 4.79 Å². The van der Waals surface area contributed by atoms with Crippen molar-refractivity contribution in [1.29, 1.82) is 0 Å². The predicted molar refractivity (Wildman–Crippen MR) is 129 cm³/mol. The van der Waals surface area contributed by atoms with Crippen molar-refractivity contribution in [2.75, 3.05) is 23.7 Å². The maximum atomic E-state index is 12.8. The van der Waals surface area contributed by atoms with Crippen LogP contribution in [0.5, 0.6) is 5.75 Å². The molecule has 2 heterocycles. The first-order chi connectivity index (χ1) is 16.6. The monoisotopic (exact) mass is 459 g/mol. The minimum atomic E-state index is -0.985. The van der Waals surface area contributed by atoms with E-state index in [0.717, 1.165) is 25.2 Å². The molecule has 1 aliphatic rings. The highest BCUT2D eigenvalue weighted by molar-refractivity contribution is 6.05. The Morgan fingerprint density at radius 1 is 1.09 bits per heavy atom. The average molecular weight is 460 g/mol. The van der Waals surface area contributed by atoms with Crippen LogP contribution in [0.4, 0.5) is 11.4 Å². The van der Waals surface area contributed by atoms with Crippen LogP contribution in [-0.4, -0.2) is 41.0 Å². The zero-order chi connectivity index (χ0) is 23.8. The van der Waals surface area contributed by atoms with E-state index >= 15 is 0 Å². The lowest BCUT2D eigenvalue weighted by atomic mass is 10.1. The number of carbonyl (C=O) groups excluding carboxylic acids is 1. The Kier molecular flexibility index (Phi) is 7.34. The second-order valence-electron chi connectivity index (χ2n) is 7.69. The summed E-state index contributed by atoms with van der Waals surface area (Å²) in [5.74, 6) is -0.141. The number of pyridine rings is 1. The van der Waals surface area contributed by atoms with Crippen molar-refractivity contribution >= 4 is 29.2 Å². The summed E-state index contributed by atoms with van der Waals surface area (Å²) < 4.78 is 5.94. The Balaban J connectivity index is 1.44. The number of ether oxygens (including phenoxy) is 1. The number of benzene rings is 2. The van der Waals surface area contributed by atoms with E-state index in [9.17, 15) is 14.7 Å². The number of carbonyl (C=O) groups is 2. The lowest BCUT2D eigenvalue weighted by Gasteiger charge is -2.18. The molecule has 34 heavy (non-hydrogen) atoms. The number of anilines is 2. The summed E-state index contributed by atoms with van der Waals surface area (Å²) in [5, 5.41) is 18.5. The molecule has 174 valence electrons. The molecule has 4 rings (SSSR count). The third-order valence-corrected chi connectivity index (χ3v) is 5.07. The zero-order valence-electron chi connectivity index (χ0n) is 18.4. The molecular weight excluding hydrogens is 434 g/mol. The fourth-order valence-electron chi connectivity index (χ4n) is 3.46. The molecule has 1 aromatic heterocycles. The number of hydrogen-bond donors (Lipinski definition) is 4. The van der Waals surface area contributed by atoms with Gasteiger partial charge in [-0.25, -0.2) is 0 Å². The van der Waals surface area contributed by atoms with Gasteiger partial charge in [-0.3, -0.25) is 19.6 Å². The Morgan fingerprint density at radius 2 is 1.94 bits per heavy atom. The van der Waals surface area contributed by atoms with Crippen molar-refractivity contribution in [2.24, 2.45) is 4.99 Å². The number of rotatable bonds is 8. The van der Waals surface area contributed by atoms with E-state index in [1.54, 1.807) is 67.0 Å². The smallest absolute Gasteiger partial charge is 0.307 e. The summed E-state index contributed by atoms with van der Waals surface area (Å²) in [6.07, 6.45) is 3.25. The molecule has 9 heteroatoms. The van der Waals surface area contributed by atoms with Crippen LogP contribution < -0.4 is 20.7 Å². The van der Waals surface area contributed by atoms with Gasteiger partial charge in [0.15, 0.2) is 5.96 Å². The van der Waals surface area contributed by atoms with Gasteiger partial charge in [0, 0.05) is 54.1 Å². The van der Waals surface area contributed by atoms with Crippen LogP contribution >= 0.6 is 0 Å². The quantitative estimate of drug-likeness (QED) is 0.405. The lowest BCUT2D eigenvalue weighted by molar-refractivity contribution is -0.138. The van der Waals surface area contributed by atoms with Crippen LogP contribution in [0.2, 0.25) is 0 Å². The summed E-state index contributed by atoms with van der Waals surface area (Å²) in [7, 11) is 0. The summed E-state index contributed by atoms with van der Waals surface area (Å²) in [6.45, 7) is 1.63. The molecule has 0 fully saturated rings. The van der Waals surface area contributed by atoms with Gasteiger partial charge in [-0.05, 0) is 42.8 Å². The Morgan fingerprint density at radius 3 is 2.71 bits per heavy atom. The van der Waals surface area contributed by atoms with Crippen molar-refractivity contribution in [3.05, 3.63) is 84.2 Å². The number of aliphatic carboxylic acids is 1. The molecule has 0 bridgehead atoms. The van der Waals surface area contributed by atoms with Crippen molar-refractivity contribution in [3.8, 4) is 5.75 Å². The lowest BCUT2D eigenvalue weighted by Crippen LogP contribution is -2.35. The minimum Gasteiger partial charge on any atom is -0.485 e. The number of aromatic nitrogens is 1. The maximum Gasteiger partial charge on any atom is 0.307 e. The van der Waals surface area contributed by atoms with Crippen LogP contribution in [0.15, 0.2) is 78.0 Å². The van der Waals surface area contributed by atoms with Gasteiger partial charge in [-0.15, -0.1) is 0 Å². The Bertz CT molecular complexity index is 1180. The average Bonchev–Trinajstić information content (AvgIpc) is 2.85. The second-order valence-corrected chi connectivity index (χ2v) is 7.69. The minimum absolute atomic E-state index is 0.220. The predicted octanol–water partition coefficient (Wildman–Crippen LogP) is 3.69. The van der Waals surface area contributed by atoms with Crippen LogP contribution in [0.3, 0.4) is 0 Å². The highest BCUT2D eigenvalue weighted by Gasteiger charge is 2.18. The van der Waals surface area contributed by atoms with Crippen LogP contribution in [0.25, 0.3) is 0 Å². The number of carboxylic acids is 1. The van der Waals surface area contributed by atoms with Gasteiger partial charge in [-0.1, -0.05) is 18.2 Å². The van der Waals surface area contributed by atoms with Crippen molar-refractivity contribution in [3.63, 3.8) is 0 Å². The van der Waals surface area contributed by atoms with Crippen molar-refractivity contribution in [1.82, 2.24) is 10.3 Å². The normalized spacial score (nSPS) is 13.7. The maximum absolute atomic E-state index is 12.8. The molecule has 0 radical (unpaired) electrons. The first-order valence-electron chi connectivity index (χ1n) is 10.9. The Hall–Kier alpha value is -4.40. The topological polar surface area (TPSA) is 125 Å². The summed E-state index contributed by atoms with van der Waals surface area (Å²) in [6, 6.07) is 17.5. The second kappa shape index (κ2) is 11.0. The number of hydrogen-bond acceptors (Lipinski definition) is 7. The fraction of sp³-hybridized carbons (Fsp3) is 0.200. The molecule has 9 nitrogen and oxygen atoms in total. The van der Waals surface area contributed by atoms with Gasteiger partial charge in [0.1, 0.15) is 11.9 Å². The highest BCUT2D eigenvalue weighted by atomic mass is 16.5. The van der Waals surface area contributed by atoms with Gasteiger partial charge in [-0.2, -0.15) is 0 Å². The molecule has 0 saturated carbocycles. The molecule has 1 unspecified atom stereocenters.